The number of hydrogen-bond acceptors (Lipinski definition) is 3. The predicted molar refractivity (Wildman–Crippen MR) is 84.3 cm³/mol. The van der Waals surface area contributed by atoms with E-state index in [1.165, 1.54) is 0 Å². The van der Waals surface area contributed by atoms with Crippen molar-refractivity contribution in [2.45, 2.75) is 45.6 Å². The average Bonchev–Trinajstić information content (AvgIpc) is 2.71. The Morgan fingerprint density at radius 3 is 2.59 bits per heavy atom. The summed E-state index contributed by atoms with van der Waals surface area (Å²) in [6.45, 7) is 6.45. The van der Waals surface area contributed by atoms with Crippen molar-refractivity contribution in [2.75, 3.05) is 5.32 Å². The van der Waals surface area contributed by atoms with Gasteiger partial charge >= 0.3 is 0 Å². The van der Waals surface area contributed by atoms with Crippen molar-refractivity contribution in [2.24, 2.45) is 17.3 Å². The monoisotopic (exact) mass is 301 g/mol. The molecule has 0 saturated heterocycles. The van der Waals surface area contributed by atoms with Crippen LogP contribution in [-0.4, -0.2) is 16.8 Å². The molecule has 2 aliphatic rings. The Morgan fingerprint density at radius 1 is 1.23 bits per heavy atom. The second kappa shape index (κ2) is 4.92. The fraction of sp³-hybridized carbons (Fsp3) is 0.556. The first-order valence-corrected chi connectivity index (χ1v) is 7.90. The lowest BCUT2D eigenvalue weighted by molar-refractivity contribution is -0.153. The molecule has 3 rings (SSSR count). The molecule has 2 N–H and O–H groups in total. The molecule has 3 atom stereocenters. The van der Waals surface area contributed by atoms with Crippen molar-refractivity contribution in [3.8, 4) is 0 Å². The van der Waals surface area contributed by atoms with Crippen molar-refractivity contribution >= 4 is 17.4 Å². The molecule has 1 heterocycles. The zero-order chi connectivity index (χ0) is 16.1. The molecule has 1 aliphatic carbocycles. The summed E-state index contributed by atoms with van der Waals surface area (Å²) in [4.78, 5) is 24.9. The zero-order valence-corrected chi connectivity index (χ0v) is 13.3. The highest BCUT2D eigenvalue weighted by Gasteiger charge is 2.55. The van der Waals surface area contributed by atoms with E-state index in [1.54, 1.807) is 18.2 Å². The maximum Gasteiger partial charge on any atom is 0.261 e. The number of benzene rings is 1. The molecule has 0 bridgehead atoms. The van der Waals surface area contributed by atoms with Crippen LogP contribution in [0, 0.1) is 17.3 Å². The number of nitrogens with one attached hydrogen (secondary N) is 1. The number of rotatable bonds is 1. The lowest BCUT2D eigenvalue weighted by Gasteiger charge is -2.41. The van der Waals surface area contributed by atoms with Gasteiger partial charge in [-0.2, -0.15) is 0 Å². The van der Waals surface area contributed by atoms with Crippen LogP contribution >= 0.6 is 0 Å². The highest BCUT2D eigenvalue weighted by molar-refractivity contribution is 6.08. The van der Waals surface area contributed by atoms with Crippen LogP contribution in [-0.2, 0) is 15.2 Å². The van der Waals surface area contributed by atoms with Gasteiger partial charge in [0, 0.05) is 17.7 Å². The van der Waals surface area contributed by atoms with Crippen LogP contribution in [0.15, 0.2) is 24.3 Å². The summed E-state index contributed by atoms with van der Waals surface area (Å²) in [5.74, 6) is -0.814. The van der Waals surface area contributed by atoms with Crippen LogP contribution in [0.25, 0.3) is 0 Å². The summed E-state index contributed by atoms with van der Waals surface area (Å²) in [6.07, 6.45) is 1.82. The molecule has 1 aliphatic heterocycles. The lowest BCUT2D eigenvalue weighted by Crippen LogP contribution is -2.49. The quantitative estimate of drug-likeness (QED) is 0.838. The highest BCUT2D eigenvalue weighted by Crippen LogP contribution is 2.49. The van der Waals surface area contributed by atoms with E-state index in [2.05, 4.69) is 26.1 Å². The smallest absolute Gasteiger partial charge is 0.261 e. The Bertz CT molecular complexity index is 631. The van der Waals surface area contributed by atoms with Crippen molar-refractivity contribution < 1.29 is 14.7 Å². The molecule has 4 heteroatoms. The van der Waals surface area contributed by atoms with Gasteiger partial charge < -0.3 is 10.4 Å². The molecule has 1 saturated carbocycles. The van der Waals surface area contributed by atoms with Gasteiger partial charge in [-0.15, -0.1) is 0 Å². The molecular formula is C18H23NO3. The molecule has 1 aromatic carbocycles. The second-order valence-corrected chi connectivity index (χ2v) is 7.62. The van der Waals surface area contributed by atoms with E-state index in [0.717, 1.165) is 6.42 Å². The fourth-order valence-corrected chi connectivity index (χ4v) is 3.82. The molecule has 4 nitrogen and oxygen atoms in total. The minimum atomic E-state index is -1.72. The summed E-state index contributed by atoms with van der Waals surface area (Å²) < 4.78 is 0. The van der Waals surface area contributed by atoms with Gasteiger partial charge in [0.2, 0.25) is 0 Å². The Kier molecular flexibility index (Phi) is 3.40. The summed E-state index contributed by atoms with van der Waals surface area (Å²) in [6, 6.07) is 7.10. The van der Waals surface area contributed by atoms with Gasteiger partial charge in [-0.25, -0.2) is 0 Å². The molecule has 1 amide bonds. The van der Waals surface area contributed by atoms with Gasteiger partial charge in [-0.3, -0.25) is 9.59 Å². The summed E-state index contributed by atoms with van der Waals surface area (Å²) in [7, 11) is 0. The average molecular weight is 301 g/mol. The molecule has 0 radical (unpaired) electrons. The third kappa shape index (κ3) is 2.17. The number of anilines is 1. The summed E-state index contributed by atoms with van der Waals surface area (Å²) >= 11 is 0. The number of Topliss-reactive ketones (excluding diaryl/α,β-unsaturated/α-hetero) is 1. The normalized spacial score (nSPS) is 31.8. The predicted octanol–water partition coefficient (Wildman–Crippen LogP) is 2.86. The van der Waals surface area contributed by atoms with Gasteiger partial charge in [-0.05, 0) is 30.2 Å². The Balaban J connectivity index is 2.01. The summed E-state index contributed by atoms with van der Waals surface area (Å²) in [5.41, 5.74) is -0.518. The number of hydrogen-bond donors (Lipinski definition) is 2. The molecule has 1 aromatic rings. The molecule has 0 spiro atoms. The number of aliphatic hydroxyl groups is 1. The van der Waals surface area contributed by atoms with E-state index >= 15 is 0 Å². The van der Waals surface area contributed by atoms with Crippen LogP contribution in [0.4, 0.5) is 5.69 Å². The van der Waals surface area contributed by atoms with Crippen LogP contribution in [0.3, 0.4) is 0 Å². The maximum atomic E-state index is 12.5. The third-order valence-electron chi connectivity index (χ3n) is 5.31. The van der Waals surface area contributed by atoms with E-state index in [0.29, 0.717) is 30.0 Å². The van der Waals surface area contributed by atoms with Gasteiger partial charge in [0.1, 0.15) is 5.78 Å². The molecular weight excluding hydrogens is 278 g/mol. The van der Waals surface area contributed by atoms with Gasteiger partial charge in [0.25, 0.3) is 5.91 Å². The Morgan fingerprint density at radius 2 is 1.91 bits per heavy atom. The maximum absolute atomic E-state index is 12.5. The van der Waals surface area contributed by atoms with Gasteiger partial charge in [0.05, 0.1) is 5.92 Å². The van der Waals surface area contributed by atoms with Crippen LogP contribution in [0.2, 0.25) is 0 Å². The topological polar surface area (TPSA) is 66.4 Å². The second-order valence-electron chi connectivity index (χ2n) is 7.62. The molecule has 0 unspecified atom stereocenters. The highest BCUT2D eigenvalue weighted by atomic mass is 16.3. The fourth-order valence-electron chi connectivity index (χ4n) is 3.82. The molecule has 0 aromatic heterocycles. The van der Waals surface area contributed by atoms with Crippen LogP contribution < -0.4 is 5.32 Å². The number of para-hydroxylation sites is 1. The first-order chi connectivity index (χ1) is 10.2. The van der Waals surface area contributed by atoms with E-state index < -0.39 is 17.4 Å². The largest absolute Gasteiger partial charge is 0.375 e. The molecule has 22 heavy (non-hydrogen) atoms. The lowest BCUT2D eigenvalue weighted by atomic mass is 9.63. The van der Waals surface area contributed by atoms with Crippen LogP contribution in [0.1, 0.15) is 45.6 Å². The van der Waals surface area contributed by atoms with E-state index in [4.69, 9.17) is 0 Å². The minimum Gasteiger partial charge on any atom is -0.375 e. The van der Waals surface area contributed by atoms with E-state index in [9.17, 15) is 14.7 Å². The number of carbonyl (C=O) groups is 2. The Hall–Kier alpha value is -1.68. The van der Waals surface area contributed by atoms with E-state index in [-0.39, 0.29) is 11.2 Å². The number of ketones is 1. The zero-order valence-electron chi connectivity index (χ0n) is 13.3. The number of fused-ring (bicyclic) bond motifs is 1. The first kappa shape index (κ1) is 15.2. The van der Waals surface area contributed by atoms with Crippen molar-refractivity contribution in [1.29, 1.82) is 0 Å². The summed E-state index contributed by atoms with van der Waals surface area (Å²) in [5, 5.41) is 13.9. The SMILES string of the molecule is CC(C)(C)[C@@H]1CCC(=O)[C@H]([C@@]2(O)C(=O)Nc3ccccc32)C1. The van der Waals surface area contributed by atoms with Gasteiger partial charge in [-0.1, -0.05) is 39.0 Å². The van der Waals surface area contributed by atoms with Gasteiger partial charge in [0.15, 0.2) is 5.60 Å². The van der Waals surface area contributed by atoms with Crippen molar-refractivity contribution in [3.63, 3.8) is 0 Å². The third-order valence-corrected chi connectivity index (χ3v) is 5.31. The Labute approximate surface area is 130 Å². The number of amides is 1. The van der Waals surface area contributed by atoms with Crippen molar-refractivity contribution in [1.82, 2.24) is 0 Å². The van der Waals surface area contributed by atoms with Crippen LogP contribution in [0.5, 0.6) is 0 Å². The first-order valence-electron chi connectivity index (χ1n) is 7.90. The minimum absolute atomic E-state index is 0.00477. The standard InChI is InChI=1S/C18H23NO3/c1-17(2,3)11-8-9-15(20)13(10-11)18(22)12-6-4-5-7-14(12)19-16(18)21/h4-7,11,13,22H,8-10H2,1-3H3,(H,19,21)/t11-,13-,18-/m1/s1. The van der Waals surface area contributed by atoms with Crippen molar-refractivity contribution in [3.05, 3.63) is 29.8 Å². The van der Waals surface area contributed by atoms with E-state index in [1.807, 2.05) is 6.07 Å². The number of carbonyl (C=O) groups excluding carboxylic acids is 2. The molecule has 118 valence electrons. The molecule has 1 fully saturated rings.